The third-order valence-electron chi connectivity index (χ3n) is 6.63. The van der Waals surface area contributed by atoms with Crippen LogP contribution in [0.25, 0.3) is 0 Å². The second-order valence-corrected chi connectivity index (χ2v) is 12.6. The second kappa shape index (κ2) is 13.5. The van der Waals surface area contributed by atoms with Gasteiger partial charge in [-0.25, -0.2) is 8.42 Å². The van der Waals surface area contributed by atoms with Gasteiger partial charge in [0.1, 0.15) is 12.6 Å². The van der Waals surface area contributed by atoms with Crippen molar-refractivity contribution in [3.05, 3.63) is 93.5 Å². The molecule has 0 heterocycles. The van der Waals surface area contributed by atoms with Gasteiger partial charge >= 0.3 is 0 Å². The van der Waals surface area contributed by atoms with Crippen LogP contribution < -0.4 is 9.62 Å². The zero-order valence-electron chi connectivity index (χ0n) is 23.3. The molecule has 0 radical (unpaired) electrons. The number of nitrogens with zero attached hydrogens (tertiary/aromatic N) is 2. The Labute approximate surface area is 247 Å². The van der Waals surface area contributed by atoms with Crippen LogP contribution in [0.2, 0.25) is 10.0 Å². The fourth-order valence-corrected chi connectivity index (χ4v) is 6.11. The predicted octanol–water partition coefficient (Wildman–Crippen LogP) is 6.14. The lowest BCUT2D eigenvalue weighted by molar-refractivity contribution is -0.139. The first-order valence-corrected chi connectivity index (χ1v) is 15.2. The van der Waals surface area contributed by atoms with Crippen LogP contribution in [-0.2, 0) is 26.2 Å². The Morgan fingerprint density at radius 1 is 0.925 bits per heavy atom. The number of aryl methyl sites for hydroxylation is 2. The van der Waals surface area contributed by atoms with E-state index in [2.05, 4.69) is 5.32 Å². The molecular formula is C30H35Cl2N3O4S. The number of carbonyl (C=O) groups excluding carboxylic acids is 2. The molecule has 0 spiro atoms. The van der Waals surface area contributed by atoms with Crippen LogP contribution in [0.15, 0.2) is 71.6 Å². The van der Waals surface area contributed by atoms with Crippen molar-refractivity contribution in [2.45, 2.75) is 64.6 Å². The Bertz CT molecular complexity index is 1440. The molecule has 0 aliphatic heterocycles. The summed E-state index contributed by atoms with van der Waals surface area (Å²) in [6.07, 6.45) is 0.714. The highest BCUT2D eigenvalue weighted by Crippen LogP contribution is 2.28. The highest BCUT2D eigenvalue weighted by molar-refractivity contribution is 7.92. The van der Waals surface area contributed by atoms with Crippen LogP contribution in [0.1, 0.15) is 43.9 Å². The van der Waals surface area contributed by atoms with Gasteiger partial charge in [-0.15, -0.1) is 0 Å². The number of amides is 2. The van der Waals surface area contributed by atoms with E-state index in [1.807, 2.05) is 33.8 Å². The Hall–Kier alpha value is -3.07. The molecule has 2 atom stereocenters. The highest BCUT2D eigenvalue weighted by Gasteiger charge is 2.33. The topological polar surface area (TPSA) is 86.8 Å². The first kappa shape index (κ1) is 31.5. The van der Waals surface area contributed by atoms with Gasteiger partial charge in [-0.3, -0.25) is 13.9 Å². The monoisotopic (exact) mass is 603 g/mol. The van der Waals surface area contributed by atoms with Gasteiger partial charge in [0.2, 0.25) is 11.8 Å². The van der Waals surface area contributed by atoms with Gasteiger partial charge in [0.05, 0.1) is 10.6 Å². The Morgan fingerprint density at radius 3 is 2.12 bits per heavy atom. The second-order valence-electron chi connectivity index (χ2n) is 9.92. The smallest absolute Gasteiger partial charge is 0.264 e. The normalized spacial score (nSPS) is 12.9. The lowest BCUT2D eigenvalue weighted by Gasteiger charge is -2.32. The van der Waals surface area contributed by atoms with Crippen molar-refractivity contribution < 1.29 is 18.0 Å². The number of hydrogen-bond acceptors (Lipinski definition) is 4. The van der Waals surface area contributed by atoms with Crippen molar-refractivity contribution in [2.75, 3.05) is 10.8 Å². The molecule has 0 aliphatic carbocycles. The van der Waals surface area contributed by atoms with Crippen LogP contribution in [0.3, 0.4) is 0 Å². The van der Waals surface area contributed by atoms with E-state index in [1.165, 1.54) is 17.0 Å². The molecule has 10 heteroatoms. The predicted molar refractivity (Wildman–Crippen MR) is 161 cm³/mol. The third kappa shape index (κ3) is 7.77. The number of hydrogen-bond donors (Lipinski definition) is 1. The first-order valence-electron chi connectivity index (χ1n) is 13.0. The maximum absolute atomic E-state index is 14.0. The lowest BCUT2D eigenvalue weighted by atomic mass is 10.1. The van der Waals surface area contributed by atoms with Crippen molar-refractivity contribution in [2.24, 2.45) is 0 Å². The Balaban J connectivity index is 2.07. The number of anilines is 1. The van der Waals surface area contributed by atoms with Crippen molar-refractivity contribution in [1.82, 2.24) is 10.2 Å². The summed E-state index contributed by atoms with van der Waals surface area (Å²) in [5.74, 6) is -0.909. The molecule has 40 heavy (non-hydrogen) atoms. The molecule has 0 fully saturated rings. The van der Waals surface area contributed by atoms with E-state index in [-0.39, 0.29) is 23.4 Å². The average molecular weight is 605 g/mol. The van der Waals surface area contributed by atoms with E-state index < -0.39 is 28.5 Å². The van der Waals surface area contributed by atoms with E-state index in [0.29, 0.717) is 27.7 Å². The standard InChI is InChI=1S/C30H35Cl2N3O4S/c1-6-22(4)33-30(37)23(5)34(18-24-12-13-25(31)17-28(24)32)29(36)19-35(26-15-20(2)14-21(3)16-26)40(38,39)27-10-8-7-9-11-27/h7-17,22-23H,6,18-19H2,1-5H3,(H,33,37). The number of sulfonamides is 1. The van der Waals surface area contributed by atoms with Gasteiger partial charge in [0, 0.05) is 22.6 Å². The maximum Gasteiger partial charge on any atom is 0.264 e. The van der Waals surface area contributed by atoms with Gasteiger partial charge < -0.3 is 10.2 Å². The third-order valence-corrected chi connectivity index (χ3v) is 9.00. The van der Waals surface area contributed by atoms with E-state index in [4.69, 9.17) is 23.2 Å². The molecule has 3 aromatic rings. The summed E-state index contributed by atoms with van der Waals surface area (Å²) < 4.78 is 28.9. The molecule has 2 amide bonds. The summed E-state index contributed by atoms with van der Waals surface area (Å²) in [6.45, 7) is 8.63. The molecule has 0 aromatic heterocycles. The molecule has 3 rings (SSSR count). The van der Waals surface area contributed by atoms with E-state index in [0.717, 1.165) is 15.4 Å². The molecule has 3 aromatic carbocycles. The number of halogens is 2. The largest absolute Gasteiger partial charge is 0.352 e. The first-order chi connectivity index (χ1) is 18.8. The summed E-state index contributed by atoms with van der Waals surface area (Å²) >= 11 is 12.5. The van der Waals surface area contributed by atoms with Gasteiger partial charge in [-0.1, -0.05) is 60.5 Å². The molecule has 214 valence electrons. The summed E-state index contributed by atoms with van der Waals surface area (Å²) in [7, 11) is -4.13. The molecule has 0 saturated carbocycles. The average Bonchev–Trinajstić information content (AvgIpc) is 2.90. The molecule has 0 aliphatic rings. The van der Waals surface area contributed by atoms with E-state index in [1.54, 1.807) is 55.5 Å². The van der Waals surface area contributed by atoms with Crippen LogP contribution in [0, 0.1) is 13.8 Å². The molecule has 2 unspecified atom stereocenters. The van der Waals surface area contributed by atoms with Crippen LogP contribution in [0.5, 0.6) is 0 Å². The Kier molecular flexibility index (Phi) is 10.6. The molecular weight excluding hydrogens is 569 g/mol. The van der Waals surface area contributed by atoms with Crippen molar-refractivity contribution in [3.8, 4) is 0 Å². The SMILES string of the molecule is CCC(C)NC(=O)C(C)N(Cc1ccc(Cl)cc1Cl)C(=O)CN(c1cc(C)cc(C)c1)S(=O)(=O)c1ccccc1. The van der Waals surface area contributed by atoms with E-state index in [9.17, 15) is 18.0 Å². The van der Waals surface area contributed by atoms with Gasteiger partial charge in [-0.05, 0) is 87.2 Å². The van der Waals surface area contributed by atoms with Crippen LogP contribution >= 0.6 is 23.2 Å². The zero-order chi connectivity index (χ0) is 29.6. The summed E-state index contributed by atoms with van der Waals surface area (Å²) in [6, 6.07) is 17.2. The van der Waals surface area contributed by atoms with Crippen LogP contribution in [0.4, 0.5) is 5.69 Å². The summed E-state index contributed by atoms with van der Waals surface area (Å²) in [5, 5.41) is 3.68. The minimum Gasteiger partial charge on any atom is -0.352 e. The number of nitrogens with one attached hydrogen (secondary N) is 1. The van der Waals surface area contributed by atoms with Gasteiger partial charge in [-0.2, -0.15) is 0 Å². The number of benzene rings is 3. The quantitative estimate of drug-likeness (QED) is 0.285. The molecule has 0 saturated heterocycles. The van der Waals surface area contributed by atoms with Crippen molar-refractivity contribution in [1.29, 1.82) is 0 Å². The zero-order valence-corrected chi connectivity index (χ0v) is 25.6. The van der Waals surface area contributed by atoms with Gasteiger partial charge in [0.15, 0.2) is 0 Å². The summed E-state index contributed by atoms with van der Waals surface area (Å²) in [5.41, 5.74) is 2.63. The fraction of sp³-hybridized carbons (Fsp3) is 0.333. The fourth-order valence-electron chi connectivity index (χ4n) is 4.22. The molecule has 1 N–H and O–H groups in total. The van der Waals surface area contributed by atoms with Crippen molar-refractivity contribution in [3.63, 3.8) is 0 Å². The highest BCUT2D eigenvalue weighted by atomic mass is 35.5. The minimum atomic E-state index is -4.13. The van der Waals surface area contributed by atoms with Crippen molar-refractivity contribution >= 4 is 50.7 Å². The molecule has 0 bridgehead atoms. The maximum atomic E-state index is 14.0. The number of carbonyl (C=O) groups is 2. The number of rotatable bonds is 11. The summed E-state index contributed by atoms with van der Waals surface area (Å²) in [4.78, 5) is 28.6. The van der Waals surface area contributed by atoms with E-state index >= 15 is 0 Å². The van der Waals surface area contributed by atoms with Gasteiger partial charge in [0.25, 0.3) is 10.0 Å². The molecule has 7 nitrogen and oxygen atoms in total. The minimum absolute atomic E-state index is 0.0179. The lowest BCUT2D eigenvalue weighted by Crippen LogP contribution is -2.52. The Morgan fingerprint density at radius 2 is 1.55 bits per heavy atom. The van der Waals surface area contributed by atoms with Crippen LogP contribution in [-0.4, -0.2) is 43.8 Å².